The van der Waals surface area contributed by atoms with E-state index >= 15 is 0 Å². The molecule has 0 radical (unpaired) electrons. The molecule has 0 N–H and O–H groups in total. The summed E-state index contributed by atoms with van der Waals surface area (Å²) >= 11 is 5.79. The van der Waals surface area contributed by atoms with Gasteiger partial charge in [-0.05, 0) is 30.4 Å². The van der Waals surface area contributed by atoms with E-state index < -0.39 is 0 Å². The van der Waals surface area contributed by atoms with Gasteiger partial charge in [-0.2, -0.15) is 0 Å². The number of carbonyl (C=O) groups is 1. The lowest BCUT2D eigenvalue weighted by molar-refractivity contribution is 0.104. The fraction of sp³-hybridized carbons (Fsp3) is 0. The van der Waals surface area contributed by atoms with Gasteiger partial charge in [-0.3, -0.25) is 4.79 Å². The molecule has 0 bridgehead atoms. The van der Waals surface area contributed by atoms with Gasteiger partial charge in [0.05, 0.1) is 0 Å². The lowest BCUT2D eigenvalue weighted by Crippen LogP contribution is -1.93. The third kappa shape index (κ3) is 3.05. The molecule has 0 amide bonds. The Morgan fingerprint density at radius 3 is 2.61 bits per heavy atom. The monoisotopic (exact) mass is 260 g/mol. The van der Waals surface area contributed by atoms with E-state index in [2.05, 4.69) is 0 Å². The first-order valence-corrected chi connectivity index (χ1v) is 5.77. The van der Waals surface area contributed by atoms with Crippen molar-refractivity contribution in [3.05, 3.63) is 76.6 Å². The number of ketones is 1. The molecule has 0 aromatic heterocycles. The maximum absolute atomic E-state index is 13.3. The summed E-state index contributed by atoms with van der Waals surface area (Å²) in [5.41, 5.74) is 0.864. The number of halogens is 2. The van der Waals surface area contributed by atoms with E-state index in [0.29, 0.717) is 16.1 Å². The molecule has 0 fully saturated rings. The zero-order valence-corrected chi connectivity index (χ0v) is 10.2. The Labute approximate surface area is 110 Å². The summed E-state index contributed by atoms with van der Waals surface area (Å²) in [6.07, 6.45) is 2.79. The first-order valence-electron chi connectivity index (χ1n) is 5.39. The van der Waals surface area contributed by atoms with Gasteiger partial charge in [0, 0.05) is 16.1 Å². The Bertz CT molecular complexity index is 605. The Hall–Kier alpha value is -1.93. The normalized spacial score (nSPS) is 10.8. The number of allylic oxidation sites excluding steroid dienone is 1. The summed E-state index contributed by atoms with van der Waals surface area (Å²) in [6, 6.07) is 12.9. The van der Waals surface area contributed by atoms with Gasteiger partial charge in [-0.25, -0.2) is 4.39 Å². The molecule has 18 heavy (non-hydrogen) atoms. The summed E-state index contributed by atoms with van der Waals surface area (Å²) in [6.45, 7) is 0. The molecule has 0 aliphatic rings. The summed E-state index contributed by atoms with van der Waals surface area (Å²) in [5.74, 6) is -0.562. The van der Waals surface area contributed by atoms with Crippen LogP contribution in [0.3, 0.4) is 0 Å². The molecule has 2 aromatic carbocycles. The average Bonchev–Trinajstić information content (AvgIpc) is 2.37. The van der Waals surface area contributed by atoms with Crippen molar-refractivity contribution in [3.8, 4) is 0 Å². The van der Waals surface area contributed by atoms with Crippen LogP contribution in [0.1, 0.15) is 15.9 Å². The predicted octanol–water partition coefficient (Wildman–Crippen LogP) is 4.38. The largest absolute Gasteiger partial charge is 0.289 e. The molecule has 2 aromatic rings. The molecule has 0 saturated carbocycles. The zero-order valence-electron chi connectivity index (χ0n) is 9.44. The van der Waals surface area contributed by atoms with Crippen molar-refractivity contribution in [2.75, 3.05) is 0 Å². The highest BCUT2D eigenvalue weighted by molar-refractivity contribution is 6.31. The van der Waals surface area contributed by atoms with Gasteiger partial charge in [0.1, 0.15) is 5.82 Å². The van der Waals surface area contributed by atoms with E-state index in [1.54, 1.807) is 42.5 Å². The van der Waals surface area contributed by atoms with E-state index in [1.807, 2.05) is 0 Å². The molecule has 0 aliphatic carbocycles. The van der Waals surface area contributed by atoms with Crippen LogP contribution in [-0.4, -0.2) is 5.78 Å². The van der Waals surface area contributed by atoms with Crippen molar-refractivity contribution < 1.29 is 9.18 Å². The Morgan fingerprint density at radius 1 is 1.11 bits per heavy atom. The van der Waals surface area contributed by atoms with Gasteiger partial charge >= 0.3 is 0 Å². The van der Waals surface area contributed by atoms with Crippen LogP contribution < -0.4 is 0 Å². The van der Waals surface area contributed by atoms with Crippen molar-refractivity contribution in [2.24, 2.45) is 0 Å². The molecule has 0 saturated heterocycles. The maximum atomic E-state index is 13.3. The molecule has 3 heteroatoms. The SMILES string of the molecule is O=C(/C=C/c1ccccc1F)c1cccc(Cl)c1. The van der Waals surface area contributed by atoms with Crippen LogP contribution in [0.2, 0.25) is 5.02 Å². The van der Waals surface area contributed by atoms with Crippen LogP contribution in [0.25, 0.3) is 6.08 Å². The summed E-state index contributed by atoms with van der Waals surface area (Å²) in [5, 5.41) is 0.500. The van der Waals surface area contributed by atoms with Crippen LogP contribution in [0.5, 0.6) is 0 Å². The summed E-state index contributed by atoms with van der Waals surface area (Å²) in [4.78, 5) is 11.8. The van der Waals surface area contributed by atoms with E-state index in [9.17, 15) is 9.18 Å². The third-order valence-electron chi connectivity index (χ3n) is 2.43. The fourth-order valence-corrected chi connectivity index (χ4v) is 1.70. The minimum Gasteiger partial charge on any atom is -0.289 e. The van der Waals surface area contributed by atoms with Gasteiger partial charge in [0.2, 0.25) is 0 Å². The lowest BCUT2D eigenvalue weighted by atomic mass is 10.1. The highest BCUT2D eigenvalue weighted by atomic mass is 35.5. The highest BCUT2D eigenvalue weighted by Crippen LogP contribution is 2.13. The quantitative estimate of drug-likeness (QED) is 0.591. The number of carbonyl (C=O) groups excluding carboxylic acids is 1. The zero-order chi connectivity index (χ0) is 13.0. The minimum absolute atomic E-state index is 0.208. The molecule has 0 heterocycles. The van der Waals surface area contributed by atoms with Crippen molar-refractivity contribution in [3.63, 3.8) is 0 Å². The highest BCUT2D eigenvalue weighted by Gasteiger charge is 2.02. The molecule has 0 unspecified atom stereocenters. The molecule has 90 valence electrons. The van der Waals surface area contributed by atoms with Gasteiger partial charge in [0.25, 0.3) is 0 Å². The van der Waals surface area contributed by atoms with Gasteiger partial charge in [-0.15, -0.1) is 0 Å². The smallest absolute Gasteiger partial charge is 0.185 e. The molecule has 2 rings (SSSR count). The third-order valence-corrected chi connectivity index (χ3v) is 2.66. The van der Waals surface area contributed by atoms with Crippen molar-refractivity contribution in [1.82, 2.24) is 0 Å². The second kappa shape index (κ2) is 5.61. The second-order valence-electron chi connectivity index (χ2n) is 3.73. The van der Waals surface area contributed by atoms with Crippen LogP contribution in [0, 0.1) is 5.82 Å². The first kappa shape index (κ1) is 12.5. The van der Waals surface area contributed by atoms with E-state index in [1.165, 1.54) is 18.2 Å². The summed E-state index contributed by atoms with van der Waals surface area (Å²) < 4.78 is 13.3. The van der Waals surface area contributed by atoms with Crippen LogP contribution in [0.4, 0.5) is 4.39 Å². The van der Waals surface area contributed by atoms with Crippen molar-refractivity contribution in [2.45, 2.75) is 0 Å². The van der Waals surface area contributed by atoms with Crippen molar-refractivity contribution in [1.29, 1.82) is 0 Å². The topological polar surface area (TPSA) is 17.1 Å². The number of hydrogen-bond donors (Lipinski definition) is 0. The molecule has 0 spiro atoms. The van der Waals surface area contributed by atoms with E-state index in [0.717, 1.165) is 0 Å². The number of rotatable bonds is 3. The van der Waals surface area contributed by atoms with E-state index in [4.69, 9.17) is 11.6 Å². The van der Waals surface area contributed by atoms with Crippen molar-refractivity contribution >= 4 is 23.5 Å². The number of benzene rings is 2. The first-order chi connectivity index (χ1) is 8.66. The molecule has 1 nitrogen and oxygen atoms in total. The maximum Gasteiger partial charge on any atom is 0.185 e. The minimum atomic E-state index is -0.354. The lowest BCUT2D eigenvalue weighted by Gasteiger charge is -1.97. The standard InChI is InChI=1S/C15H10ClFO/c16-13-6-3-5-12(10-13)15(18)9-8-11-4-1-2-7-14(11)17/h1-10H/b9-8+. The molecule has 0 aliphatic heterocycles. The Morgan fingerprint density at radius 2 is 1.89 bits per heavy atom. The fourth-order valence-electron chi connectivity index (χ4n) is 1.51. The predicted molar refractivity (Wildman–Crippen MR) is 71.2 cm³/mol. The van der Waals surface area contributed by atoms with Crippen LogP contribution >= 0.6 is 11.6 Å². The van der Waals surface area contributed by atoms with E-state index in [-0.39, 0.29) is 11.6 Å². The molecular weight excluding hydrogens is 251 g/mol. The van der Waals surface area contributed by atoms with Crippen LogP contribution in [-0.2, 0) is 0 Å². The molecule has 0 atom stereocenters. The second-order valence-corrected chi connectivity index (χ2v) is 4.17. The van der Waals surface area contributed by atoms with Gasteiger partial charge < -0.3 is 0 Å². The van der Waals surface area contributed by atoms with Gasteiger partial charge in [-0.1, -0.05) is 41.9 Å². The summed E-state index contributed by atoms with van der Waals surface area (Å²) in [7, 11) is 0. The molecular formula is C15H10ClFO. The Kier molecular flexibility index (Phi) is 3.90. The average molecular weight is 261 g/mol. The Balaban J connectivity index is 2.20. The van der Waals surface area contributed by atoms with Crippen LogP contribution in [0.15, 0.2) is 54.6 Å². The van der Waals surface area contributed by atoms with Gasteiger partial charge in [0.15, 0.2) is 5.78 Å². The number of hydrogen-bond acceptors (Lipinski definition) is 1.